The smallest absolute Gasteiger partial charge is 0.317 e. The van der Waals surface area contributed by atoms with Crippen LogP contribution in [-0.2, 0) is 17.8 Å². The van der Waals surface area contributed by atoms with Crippen molar-refractivity contribution in [3.63, 3.8) is 0 Å². The Balaban J connectivity index is 1.84. The Morgan fingerprint density at radius 1 is 1.42 bits per heavy atom. The molecule has 1 unspecified atom stereocenters. The van der Waals surface area contributed by atoms with E-state index in [2.05, 4.69) is 5.32 Å². The molecule has 0 aliphatic carbocycles. The van der Waals surface area contributed by atoms with Crippen LogP contribution in [0.2, 0.25) is 0 Å². The number of nitrogens with two attached hydrogens (primary N) is 1. The lowest BCUT2D eigenvalue weighted by atomic mass is 10.1. The van der Waals surface area contributed by atoms with Gasteiger partial charge in [-0.1, -0.05) is 24.3 Å². The van der Waals surface area contributed by atoms with Gasteiger partial charge in [-0.25, -0.2) is 4.79 Å². The molecular weight excluding hydrogens is 242 g/mol. The Bertz CT molecular complexity index is 413. The SMILES string of the molecule is CN(Cc1ccc(CN)cc1)C(=O)NC1CCOC1. The summed E-state index contributed by atoms with van der Waals surface area (Å²) in [6, 6.07) is 8.08. The predicted molar refractivity (Wildman–Crippen MR) is 73.6 cm³/mol. The van der Waals surface area contributed by atoms with E-state index >= 15 is 0 Å². The number of nitrogens with one attached hydrogen (secondary N) is 1. The van der Waals surface area contributed by atoms with E-state index in [1.165, 1.54) is 0 Å². The van der Waals surface area contributed by atoms with Crippen molar-refractivity contribution in [3.8, 4) is 0 Å². The molecule has 1 heterocycles. The van der Waals surface area contributed by atoms with Gasteiger partial charge in [0.2, 0.25) is 0 Å². The molecular formula is C14H21N3O2. The van der Waals surface area contributed by atoms with Crippen molar-refractivity contribution in [1.29, 1.82) is 0 Å². The van der Waals surface area contributed by atoms with Crippen molar-refractivity contribution in [2.24, 2.45) is 5.73 Å². The van der Waals surface area contributed by atoms with Crippen molar-refractivity contribution in [3.05, 3.63) is 35.4 Å². The van der Waals surface area contributed by atoms with Gasteiger partial charge in [-0.2, -0.15) is 0 Å². The Labute approximate surface area is 113 Å². The average Bonchev–Trinajstić information content (AvgIpc) is 2.92. The zero-order valence-electron chi connectivity index (χ0n) is 11.3. The number of rotatable bonds is 4. The molecule has 19 heavy (non-hydrogen) atoms. The highest BCUT2D eigenvalue weighted by Crippen LogP contribution is 2.08. The number of benzene rings is 1. The number of hydrogen-bond acceptors (Lipinski definition) is 3. The minimum atomic E-state index is -0.0570. The molecule has 1 fully saturated rings. The number of nitrogens with zero attached hydrogens (tertiary/aromatic N) is 1. The van der Waals surface area contributed by atoms with Gasteiger partial charge >= 0.3 is 6.03 Å². The van der Waals surface area contributed by atoms with Crippen molar-refractivity contribution < 1.29 is 9.53 Å². The van der Waals surface area contributed by atoms with E-state index in [1.807, 2.05) is 24.3 Å². The molecule has 3 N–H and O–H groups in total. The van der Waals surface area contributed by atoms with Crippen LogP contribution in [0.4, 0.5) is 4.79 Å². The number of hydrogen-bond donors (Lipinski definition) is 2. The molecule has 1 aliphatic heterocycles. The molecule has 2 rings (SSSR count). The minimum Gasteiger partial charge on any atom is -0.379 e. The Hall–Kier alpha value is -1.59. The number of amides is 2. The third-order valence-electron chi connectivity index (χ3n) is 3.28. The van der Waals surface area contributed by atoms with Crippen LogP contribution < -0.4 is 11.1 Å². The van der Waals surface area contributed by atoms with Crippen LogP contribution in [-0.4, -0.2) is 37.2 Å². The molecule has 0 radical (unpaired) electrons. The van der Waals surface area contributed by atoms with Crippen molar-refractivity contribution in [1.82, 2.24) is 10.2 Å². The van der Waals surface area contributed by atoms with E-state index in [9.17, 15) is 4.79 Å². The van der Waals surface area contributed by atoms with Crippen LogP contribution in [0.1, 0.15) is 17.5 Å². The molecule has 0 aromatic heterocycles. The lowest BCUT2D eigenvalue weighted by Gasteiger charge is -2.20. The first-order valence-electron chi connectivity index (χ1n) is 6.56. The summed E-state index contributed by atoms with van der Waals surface area (Å²) in [5, 5.41) is 2.96. The van der Waals surface area contributed by atoms with Gasteiger partial charge in [0.25, 0.3) is 0 Å². The van der Waals surface area contributed by atoms with E-state index in [0.29, 0.717) is 19.7 Å². The summed E-state index contributed by atoms with van der Waals surface area (Å²) < 4.78 is 5.24. The third kappa shape index (κ3) is 3.94. The Kier molecular flexibility index (Phi) is 4.76. The van der Waals surface area contributed by atoms with Crippen LogP contribution in [0.25, 0.3) is 0 Å². The summed E-state index contributed by atoms with van der Waals surface area (Å²) in [7, 11) is 1.79. The average molecular weight is 263 g/mol. The lowest BCUT2D eigenvalue weighted by Crippen LogP contribution is -2.43. The summed E-state index contributed by atoms with van der Waals surface area (Å²) in [5.41, 5.74) is 7.75. The zero-order valence-corrected chi connectivity index (χ0v) is 11.3. The quantitative estimate of drug-likeness (QED) is 0.854. The summed E-state index contributed by atoms with van der Waals surface area (Å²) in [6.45, 7) is 2.47. The monoisotopic (exact) mass is 263 g/mol. The number of ether oxygens (including phenoxy) is 1. The van der Waals surface area contributed by atoms with Gasteiger partial charge in [0.05, 0.1) is 12.6 Å². The van der Waals surface area contributed by atoms with Gasteiger partial charge in [-0.05, 0) is 17.5 Å². The zero-order chi connectivity index (χ0) is 13.7. The Morgan fingerprint density at radius 3 is 2.68 bits per heavy atom. The van der Waals surface area contributed by atoms with E-state index < -0.39 is 0 Å². The lowest BCUT2D eigenvalue weighted by molar-refractivity contribution is 0.181. The fraction of sp³-hybridized carbons (Fsp3) is 0.500. The summed E-state index contributed by atoms with van der Waals surface area (Å²) in [6.07, 6.45) is 0.894. The highest BCUT2D eigenvalue weighted by Gasteiger charge is 2.19. The van der Waals surface area contributed by atoms with E-state index in [1.54, 1.807) is 11.9 Å². The van der Waals surface area contributed by atoms with Gasteiger partial charge in [0.1, 0.15) is 0 Å². The molecule has 1 atom stereocenters. The van der Waals surface area contributed by atoms with E-state index in [0.717, 1.165) is 24.2 Å². The number of urea groups is 1. The van der Waals surface area contributed by atoms with Gasteiger partial charge in [0.15, 0.2) is 0 Å². The second-order valence-electron chi connectivity index (χ2n) is 4.89. The minimum absolute atomic E-state index is 0.0570. The molecule has 0 spiro atoms. The molecule has 1 aromatic rings. The van der Waals surface area contributed by atoms with Crippen LogP contribution in [0.5, 0.6) is 0 Å². The largest absolute Gasteiger partial charge is 0.379 e. The normalized spacial score (nSPS) is 18.3. The van der Waals surface area contributed by atoms with Gasteiger partial charge in [0, 0.05) is 26.7 Å². The first-order chi connectivity index (χ1) is 9.19. The van der Waals surface area contributed by atoms with Crippen molar-refractivity contribution in [2.45, 2.75) is 25.6 Å². The fourth-order valence-electron chi connectivity index (χ4n) is 2.06. The van der Waals surface area contributed by atoms with E-state index in [4.69, 9.17) is 10.5 Å². The third-order valence-corrected chi connectivity index (χ3v) is 3.28. The molecule has 2 amide bonds. The molecule has 5 heteroatoms. The first-order valence-corrected chi connectivity index (χ1v) is 6.56. The number of carbonyl (C=O) groups is 1. The summed E-state index contributed by atoms with van der Waals surface area (Å²) in [5.74, 6) is 0. The highest BCUT2D eigenvalue weighted by atomic mass is 16.5. The van der Waals surface area contributed by atoms with Crippen LogP contribution >= 0.6 is 0 Å². The van der Waals surface area contributed by atoms with Crippen LogP contribution in [0.3, 0.4) is 0 Å². The van der Waals surface area contributed by atoms with Crippen LogP contribution in [0.15, 0.2) is 24.3 Å². The molecule has 1 aliphatic rings. The predicted octanol–water partition coefficient (Wildman–Crippen LogP) is 1.08. The maximum Gasteiger partial charge on any atom is 0.317 e. The second kappa shape index (κ2) is 6.54. The second-order valence-corrected chi connectivity index (χ2v) is 4.89. The molecule has 1 aromatic carbocycles. The molecule has 5 nitrogen and oxygen atoms in total. The summed E-state index contributed by atoms with van der Waals surface area (Å²) >= 11 is 0. The molecule has 1 saturated heterocycles. The molecule has 104 valence electrons. The maximum absolute atomic E-state index is 12.0. The topological polar surface area (TPSA) is 67.6 Å². The number of carbonyl (C=O) groups excluding carboxylic acids is 1. The first kappa shape index (κ1) is 13.8. The van der Waals surface area contributed by atoms with Gasteiger partial charge < -0.3 is 20.7 Å². The van der Waals surface area contributed by atoms with E-state index in [-0.39, 0.29) is 12.1 Å². The van der Waals surface area contributed by atoms with Crippen molar-refractivity contribution in [2.75, 3.05) is 20.3 Å². The summed E-state index contributed by atoms with van der Waals surface area (Å²) in [4.78, 5) is 13.6. The van der Waals surface area contributed by atoms with Crippen LogP contribution in [0, 0.1) is 0 Å². The van der Waals surface area contributed by atoms with Crippen molar-refractivity contribution >= 4 is 6.03 Å². The highest BCUT2D eigenvalue weighted by molar-refractivity contribution is 5.74. The fourth-order valence-corrected chi connectivity index (χ4v) is 2.06. The Morgan fingerprint density at radius 2 is 2.11 bits per heavy atom. The van der Waals surface area contributed by atoms with Gasteiger partial charge in [-0.15, -0.1) is 0 Å². The molecule has 0 saturated carbocycles. The maximum atomic E-state index is 12.0. The standard InChI is InChI=1S/C14H21N3O2/c1-17(14(18)16-13-6-7-19-10-13)9-12-4-2-11(8-15)3-5-12/h2-5,13H,6-10,15H2,1H3,(H,16,18). The molecule has 0 bridgehead atoms. The van der Waals surface area contributed by atoms with Gasteiger partial charge in [-0.3, -0.25) is 0 Å².